The molecule has 0 rings (SSSR count). The molecule has 0 saturated carbocycles. The third kappa shape index (κ3) is 6.21. The molecule has 13 heavy (non-hydrogen) atoms. The van der Waals surface area contributed by atoms with E-state index in [1.165, 1.54) is 6.42 Å². The zero-order chi connectivity index (χ0) is 10.1. The highest BCUT2D eigenvalue weighted by Gasteiger charge is 2.15. The second kappa shape index (κ2) is 8.68. The van der Waals surface area contributed by atoms with Crippen LogP contribution in [0, 0.1) is 0 Å². The second-order valence-corrected chi connectivity index (χ2v) is 5.47. The van der Waals surface area contributed by atoms with Gasteiger partial charge in [-0.05, 0) is 19.4 Å². The van der Waals surface area contributed by atoms with Gasteiger partial charge in [0.05, 0.1) is 0 Å². The molecule has 1 N–H and O–H groups in total. The van der Waals surface area contributed by atoms with Crippen LogP contribution in [0.25, 0.3) is 0 Å². The molecule has 0 aromatic heterocycles. The molecule has 0 aliphatic carbocycles. The van der Waals surface area contributed by atoms with Crippen LogP contribution >= 0.6 is 0 Å². The Balaban J connectivity index is 3.67. The molecule has 0 bridgehead atoms. The molecular formula is C9H23NO2Si. The van der Waals surface area contributed by atoms with Crippen molar-refractivity contribution in [2.24, 2.45) is 0 Å². The normalized spacial score (nSPS) is 13.6. The van der Waals surface area contributed by atoms with Crippen molar-refractivity contribution >= 4 is 9.28 Å². The Hall–Kier alpha value is 0.0969. The van der Waals surface area contributed by atoms with Gasteiger partial charge in [-0.1, -0.05) is 13.8 Å². The van der Waals surface area contributed by atoms with Gasteiger partial charge in [-0.15, -0.1) is 0 Å². The van der Waals surface area contributed by atoms with Crippen LogP contribution in [0.2, 0.25) is 6.04 Å². The molecule has 1 unspecified atom stereocenters. The smallest absolute Gasteiger partial charge is 0.322 e. The first-order chi connectivity index (χ1) is 6.28. The molecule has 0 saturated heterocycles. The lowest BCUT2D eigenvalue weighted by atomic mass is 10.2. The van der Waals surface area contributed by atoms with Crippen molar-refractivity contribution in [1.29, 1.82) is 0 Å². The molecule has 3 nitrogen and oxygen atoms in total. The van der Waals surface area contributed by atoms with Gasteiger partial charge in [-0.3, -0.25) is 0 Å². The van der Waals surface area contributed by atoms with Crippen molar-refractivity contribution in [3.8, 4) is 0 Å². The minimum absolute atomic E-state index is 0.566. The first-order valence-electron chi connectivity index (χ1n) is 5.07. The molecule has 0 aliphatic heterocycles. The van der Waals surface area contributed by atoms with E-state index in [2.05, 4.69) is 19.2 Å². The molecule has 0 amide bonds. The fourth-order valence-corrected chi connectivity index (χ4v) is 2.81. The molecule has 80 valence electrons. The van der Waals surface area contributed by atoms with Gasteiger partial charge < -0.3 is 14.2 Å². The Kier molecular flexibility index (Phi) is 8.75. The van der Waals surface area contributed by atoms with E-state index in [0.717, 1.165) is 19.0 Å². The molecular weight excluding hydrogens is 182 g/mol. The van der Waals surface area contributed by atoms with Crippen LogP contribution in [-0.4, -0.2) is 36.1 Å². The quantitative estimate of drug-likeness (QED) is 0.606. The fourth-order valence-electron chi connectivity index (χ4n) is 1.26. The molecule has 0 fully saturated rings. The van der Waals surface area contributed by atoms with Crippen molar-refractivity contribution in [2.75, 3.05) is 20.8 Å². The van der Waals surface area contributed by atoms with Gasteiger partial charge in [0.1, 0.15) is 0 Å². The minimum Gasteiger partial charge on any atom is -0.400 e. The minimum atomic E-state index is -1.37. The van der Waals surface area contributed by atoms with Gasteiger partial charge in [-0.25, -0.2) is 0 Å². The topological polar surface area (TPSA) is 30.5 Å². The summed E-state index contributed by atoms with van der Waals surface area (Å²) in [6.07, 6.45) is 2.33. The number of hydrogen-bond donors (Lipinski definition) is 1. The SMILES string of the molecule is CCCNC(CC)C[SiH](OC)OC. The Bertz CT molecular complexity index is 110. The molecule has 0 aliphatic rings. The molecule has 0 aromatic rings. The highest BCUT2D eigenvalue weighted by Crippen LogP contribution is 2.04. The second-order valence-electron chi connectivity index (χ2n) is 3.20. The lowest BCUT2D eigenvalue weighted by molar-refractivity contribution is 0.271. The van der Waals surface area contributed by atoms with E-state index >= 15 is 0 Å². The lowest BCUT2D eigenvalue weighted by Crippen LogP contribution is -2.35. The number of rotatable bonds is 8. The first kappa shape index (κ1) is 13.1. The van der Waals surface area contributed by atoms with Gasteiger partial charge in [0, 0.05) is 26.3 Å². The van der Waals surface area contributed by atoms with Crippen LogP contribution < -0.4 is 5.32 Å². The standard InChI is InChI=1S/C9H23NO2Si/c1-5-7-10-9(6-2)8-13(11-3)12-4/h9-10,13H,5-8H2,1-4H3. The Labute approximate surface area is 83.7 Å². The maximum Gasteiger partial charge on any atom is 0.322 e. The van der Waals surface area contributed by atoms with Crippen LogP contribution in [0.1, 0.15) is 26.7 Å². The summed E-state index contributed by atoms with van der Waals surface area (Å²) in [7, 11) is 2.11. The van der Waals surface area contributed by atoms with Crippen molar-refractivity contribution in [2.45, 2.75) is 38.8 Å². The lowest BCUT2D eigenvalue weighted by Gasteiger charge is -2.19. The van der Waals surface area contributed by atoms with Crippen LogP contribution in [0.15, 0.2) is 0 Å². The summed E-state index contributed by atoms with van der Waals surface area (Å²) in [5, 5.41) is 3.49. The van der Waals surface area contributed by atoms with Crippen molar-refractivity contribution in [3.05, 3.63) is 0 Å². The zero-order valence-corrected chi connectivity index (χ0v) is 10.5. The number of hydrogen-bond acceptors (Lipinski definition) is 3. The van der Waals surface area contributed by atoms with Gasteiger partial charge in [-0.2, -0.15) is 0 Å². The van der Waals surface area contributed by atoms with E-state index in [4.69, 9.17) is 8.85 Å². The maximum atomic E-state index is 5.29. The van der Waals surface area contributed by atoms with E-state index < -0.39 is 9.28 Å². The van der Waals surface area contributed by atoms with E-state index in [1.807, 2.05) is 0 Å². The van der Waals surface area contributed by atoms with Crippen LogP contribution in [0.5, 0.6) is 0 Å². The van der Waals surface area contributed by atoms with Gasteiger partial charge in [0.25, 0.3) is 0 Å². The Morgan fingerprint density at radius 3 is 2.23 bits per heavy atom. The highest BCUT2D eigenvalue weighted by molar-refractivity contribution is 6.44. The predicted molar refractivity (Wildman–Crippen MR) is 58.3 cm³/mol. The highest BCUT2D eigenvalue weighted by atomic mass is 28.3. The molecule has 1 atom stereocenters. The van der Waals surface area contributed by atoms with Crippen molar-refractivity contribution in [3.63, 3.8) is 0 Å². The van der Waals surface area contributed by atoms with E-state index in [9.17, 15) is 0 Å². The number of nitrogens with one attached hydrogen (secondary N) is 1. The van der Waals surface area contributed by atoms with E-state index in [1.54, 1.807) is 14.2 Å². The monoisotopic (exact) mass is 205 g/mol. The Morgan fingerprint density at radius 2 is 1.85 bits per heavy atom. The average Bonchev–Trinajstić information content (AvgIpc) is 2.19. The fraction of sp³-hybridized carbons (Fsp3) is 1.00. The predicted octanol–water partition coefficient (Wildman–Crippen LogP) is 1.28. The summed E-state index contributed by atoms with van der Waals surface area (Å²) in [6.45, 7) is 5.47. The molecule has 4 heteroatoms. The summed E-state index contributed by atoms with van der Waals surface area (Å²) in [4.78, 5) is 0. The average molecular weight is 205 g/mol. The summed E-state index contributed by atoms with van der Waals surface area (Å²) in [5.74, 6) is 0. The Morgan fingerprint density at radius 1 is 1.23 bits per heavy atom. The summed E-state index contributed by atoms with van der Waals surface area (Å²) < 4.78 is 10.6. The van der Waals surface area contributed by atoms with Crippen LogP contribution in [0.4, 0.5) is 0 Å². The van der Waals surface area contributed by atoms with Crippen LogP contribution in [-0.2, 0) is 8.85 Å². The van der Waals surface area contributed by atoms with Gasteiger partial charge >= 0.3 is 9.28 Å². The third-order valence-corrected chi connectivity index (χ3v) is 4.18. The van der Waals surface area contributed by atoms with Crippen LogP contribution in [0.3, 0.4) is 0 Å². The molecule has 0 heterocycles. The maximum absolute atomic E-state index is 5.29. The molecule has 0 radical (unpaired) electrons. The first-order valence-corrected chi connectivity index (χ1v) is 6.83. The molecule has 0 spiro atoms. The van der Waals surface area contributed by atoms with Gasteiger partial charge in [0.2, 0.25) is 0 Å². The van der Waals surface area contributed by atoms with Crippen molar-refractivity contribution in [1.82, 2.24) is 5.32 Å². The third-order valence-electron chi connectivity index (χ3n) is 2.18. The molecule has 0 aromatic carbocycles. The van der Waals surface area contributed by atoms with E-state index in [-0.39, 0.29) is 0 Å². The zero-order valence-electron chi connectivity index (χ0n) is 9.30. The summed E-state index contributed by atoms with van der Waals surface area (Å²) >= 11 is 0. The van der Waals surface area contributed by atoms with Crippen molar-refractivity contribution < 1.29 is 8.85 Å². The van der Waals surface area contributed by atoms with E-state index in [0.29, 0.717) is 6.04 Å². The van der Waals surface area contributed by atoms with Gasteiger partial charge in [0.15, 0.2) is 0 Å². The summed E-state index contributed by atoms with van der Waals surface area (Å²) in [6, 6.07) is 1.63. The largest absolute Gasteiger partial charge is 0.400 e. The summed E-state index contributed by atoms with van der Waals surface area (Å²) in [5.41, 5.74) is 0.